The molecule has 0 unspecified atom stereocenters. The maximum atomic E-state index is 11.7. The summed E-state index contributed by atoms with van der Waals surface area (Å²) in [6.45, 7) is 11.4. The van der Waals surface area contributed by atoms with Crippen molar-refractivity contribution in [2.75, 3.05) is 31.2 Å². The van der Waals surface area contributed by atoms with Gasteiger partial charge in [-0.15, -0.1) is 0 Å². The molecule has 0 radical (unpaired) electrons. The van der Waals surface area contributed by atoms with Gasteiger partial charge in [-0.3, -0.25) is 14.8 Å². The van der Waals surface area contributed by atoms with Crippen LogP contribution in [0.25, 0.3) is 11.3 Å². The van der Waals surface area contributed by atoms with Crippen LogP contribution >= 0.6 is 0 Å². The van der Waals surface area contributed by atoms with Crippen LogP contribution < -0.4 is 14.4 Å². The van der Waals surface area contributed by atoms with Crippen molar-refractivity contribution < 1.29 is 19.4 Å². The van der Waals surface area contributed by atoms with Gasteiger partial charge in [-0.05, 0) is 61.9 Å². The zero-order valence-electron chi connectivity index (χ0n) is 22.3. The lowest BCUT2D eigenvalue weighted by Crippen LogP contribution is -2.38. The van der Waals surface area contributed by atoms with Crippen LogP contribution in [0.1, 0.15) is 50.4 Å². The van der Waals surface area contributed by atoms with Gasteiger partial charge in [0.15, 0.2) is 0 Å². The first kappa shape index (κ1) is 26.5. The molecule has 0 bridgehead atoms. The van der Waals surface area contributed by atoms with Crippen molar-refractivity contribution in [2.24, 2.45) is 5.41 Å². The van der Waals surface area contributed by atoms with Crippen LogP contribution in [0.3, 0.4) is 0 Å². The molecule has 7 heteroatoms. The number of carbonyl (C=O) groups is 1. The molecule has 7 nitrogen and oxygen atoms in total. The van der Waals surface area contributed by atoms with Gasteiger partial charge in [0, 0.05) is 42.5 Å². The van der Waals surface area contributed by atoms with E-state index >= 15 is 0 Å². The van der Waals surface area contributed by atoms with Gasteiger partial charge in [-0.1, -0.05) is 26.0 Å². The monoisotopic (exact) mass is 503 g/mol. The van der Waals surface area contributed by atoms with E-state index in [-0.39, 0.29) is 11.8 Å². The molecular weight excluding hydrogens is 466 g/mol. The Hall–Kier alpha value is -3.61. The van der Waals surface area contributed by atoms with Crippen LogP contribution in [-0.4, -0.2) is 47.3 Å². The number of hydrogen-bond acceptors (Lipinski definition) is 6. The molecule has 0 atom stereocenters. The second-order valence-corrected chi connectivity index (χ2v) is 10.4. The summed E-state index contributed by atoms with van der Waals surface area (Å²) in [6.07, 6.45) is 6.38. The number of carboxylic acid groups (broad SMARTS) is 1. The van der Waals surface area contributed by atoms with Crippen LogP contribution in [0.4, 0.5) is 5.69 Å². The number of aryl methyl sites for hydroxylation is 1. The number of aromatic nitrogens is 2. The fourth-order valence-electron chi connectivity index (χ4n) is 4.71. The molecule has 0 spiro atoms. The van der Waals surface area contributed by atoms with Gasteiger partial charge in [0.05, 0.1) is 37.2 Å². The fourth-order valence-corrected chi connectivity index (χ4v) is 4.71. The van der Waals surface area contributed by atoms with Gasteiger partial charge in [0.2, 0.25) is 0 Å². The van der Waals surface area contributed by atoms with Crippen LogP contribution in [-0.2, 0) is 17.6 Å². The molecule has 1 aromatic carbocycles. The lowest BCUT2D eigenvalue weighted by atomic mass is 9.82. The minimum Gasteiger partial charge on any atom is -0.494 e. The van der Waals surface area contributed by atoms with Crippen molar-refractivity contribution >= 4 is 11.7 Å². The third kappa shape index (κ3) is 6.79. The zero-order valence-corrected chi connectivity index (χ0v) is 22.3. The first-order valence-corrected chi connectivity index (χ1v) is 13.0. The molecule has 3 aromatic rings. The number of aliphatic carboxylic acids is 1. The van der Waals surface area contributed by atoms with Crippen molar-refractivity contribution in [1.29, 1.82) is 0 Å². The van der Waals surface area contributed by atoms with Gasteiger partial charge in [-0.2, -0.15) is 0 Å². The molecule has 4 rings (SSSR count). The third-order valence-corrected chi connectivity index (χ3v) is 7.03. The Labute approximate surface area is 219 Å². The lowest BCUT2D eigenvalue weighted by molar-refractivity contribution is -0.136. The Morgan fingerprint density at radius 2 is 1.70 bits per heavy atom. The van der Waals surface area contributed by atoms with Gasteiger partial charge >= 0.3 is 5.97 Å². The van der Waals surface area contributed by atoms with E-state index in [4.69, 9.17) is 9.47 Å². The summed E-state index contributed by atoms with van der Waals surface area (Å²) in [5, 5.41) is 9.61. The van der Waals surface area contributed by atoms with Crippen molar-refractivity contribution in [3.63, 3.8) is 0 Å². The van der Waals surface area contributed by atoms with Crippen molar-refractivity contribution in [1.82, 2.24) is 9.97 Å². The summed E-state index contributed by atoms with van der Waals surface area (Å²) in [6, 6.07) is 11.9. The first-order chi connectivity index (χ1) is 17.8. The average Bonchev–Trinajstić information content (AvgIpc) is 2.87. The number of carboxylic acids is 1. The summed E-state index contributed by atoms with van der Waals surface area (Å²) in [5.41, 5.74) is 5.55. The number of ether oxygens (including phenoxy) is 2. The Balaban J connectivity index is 1.51. The molecule has 1 aliphatic heterocycles. The molecule has 3 heterocycles. The molecule has 0 amide bonds. The summed E-state index contributed by atoms with van der Waals surface area (Å²) in [7, 11) is 0. The summed E-state index contributed by atoms with van der Waals surface area (Å²) in [5.74, 6) is 0.711. The molecule has 1 saturated heterocycles. The minimum absolute atomic E-state index is 0.0609. The zero-order chi connectivity index (χ0) is 26.4. The number of benzene rings is 1. The van der Waals surface area contributed by atoms with E-state index < -0.39 is 5.97 Å². The van der Waals surface area contributed by atoms with E-state index in [9.17, 15) is 9.90 Å². The topological polar surface area (TPSA) is 84.8 Å². The van der Waals surface area contributed by atoms with E-state index in [2.05, 4.69) is 40.8 Å². The highest BCUT2D eigenvalue weighted by Gasteiger charge is 2.29. The van der Waals surface area contributed by atoms with E-state index in [1.54, 1.807) is 6.20 Å². The van der Waals surface area contributed by atoms with Crippen LogP contribution in [0, 0.1) is 12.3 Å². The fraction of sp³-hybridized carbons (Fsp3) is 0.433. The summed E-state index contributed by atoms with van der Waals surface area (Å²) < 4.78 is 11.4. The number of nitrogens with zero attached hydrogens (tertiary/aromatic N) is 3. The molecule has 1 aliphatic rings. The predicted molar refractivity (Wildman–Crippen MR) is 146 cm³/mol. The minimum atomic E-state index is -0.857. The summed E-state index contributed by atoms with van der Waals surface area (Å²) >= 11 is 0. The Bertz CT molecular complexity index is 1200. The Morgan fingerprint density at radius 1 is 1.00 bits per heavy atom. The Kier molecular flexibility index (Phi) is 8.31. The lowest BCUT2D eigenvalue weighted by Gasteiger charge is -2.40. The summed E-state index contributed by atoms with van der Waals surface area (Å²) in [4.78, 5) is 23.3. The highest BCUT2D eigenvalue weighted by molar-refractivity contribution is 5.83. The standard InChI is InChI=1S/C30H37N3O4/c1-5-36-23-8-6-22(7-9-23)12-17-37-24-10-11-27(32-19-24)26-20-31-21(2)25(18-28(34)35)29(26)33-15-13-30(3,4)14-16-33/h6-11,19-20H,5,12-18H2,1-4H3,(H,34,35). The van der Waals surface area contributed by atoms with E-state index in [1.165, 1.54) is 5.56 Å². The predicted octanol–water partition coefficient (Wildman–Crippen LogP) is 5.73. The van der Waals surface area contributed by atoms with Gasteiger partial charge in [0.1, 0.15) is 11.5 Å². The van der Waals surface area contributed by atoms with E-state index in [0.717, 1.165) is 66.3 Å². The second kappa shape index (κ2) is 11.6. The van der Waals surface area contributed by atoms with Crippen LogP contribution in [0.5, 0.6) is 11.5 Å². The molecule has 0 saturated carbocycles. The molecule has 196 valence electrons. The van der Waals surface area contributed by atoms with E-state index in [0.29, 0.717) is 19.0 Å². The quantitative estimate of drug-likeness (QED) is 0.378. The van der Waals surface area contributed by atoms with Crippen molar-refractivity contribution in [2.45, 2.75) is 53.4 Å². The van der Waals surface area contributed by atoms with Gasteiger partial charge in [0.25, 0.3) is 0 Å². The normalized spacial score (nSPS) is 14.9. The van der Waals surface area contributed by atoms with Crippen LogP contribution in [0.15, 0.2) is 48.8 Å². The molecule has 0 aliphatic carbocycles. The molecule has 1 N–H and O–H groups in total. The number of piperidine rings is 1. The SMILES string of the molecule is CCOc1ccc(CCOc2ccc(-c3cnc(C)c(CC(=O)O)c3N3CCC(C)(C)CC3)nc2)cc1. The number of rotatable bonds is 10. The van der Waals surface area contributed by atoms with Gasteiger partial charge in [-0.25, -0.2) is 0 Å². The van der Waals surface area contributed by atoms with Crippen LogP contribution in [0.2, 0.25) is 0 Å². The largest absolute Gasteiger partial charge is 0.494 e. The smallest absolute Gasteiger partial charge is 0.307 e. The third-order valence-electron chi connectivity index (χ3n) is 7.03. The van der Waals surface area contributed by atoms with Crippen molar-refractivity contribution in [3.8, 4) is 22.8 Å². The molecule has 37 heavy (non-hydrogen) atoms. The van der Waals surface area contributed by atoms with Crippen molar-refractivity contribution in [3.05, 3.63) is 65.6 Å². The highest BCUT2D eigenvalue weighted by atomic mass is 16.5. The maximum Gasteiger partial charge on any atom is 0.307 e. The maximum absolute atomic E-state index is 11.7. The molecule has 1 fully saturated rings. The number of hydrogen-bond donors (Lipinski definition) is 1. The molecule has 2 aromatic heterocycles. The average molecular weight is 504 g/mol. The Morgan fingerprint density at radius 3 is 2.32 bits per heavy atom. The molecular formula is C30H37N3O4. The second-order valence-electron chi connectivity index (χ2n) is 10.4. The van der Waals surface area contributed by atoms with Gasteiger partial charge < -0.3 is 19.5 Å². The number of pyridine rings is 2. The highest BCUT2D eigenvalue weighted by Crippen LogP contribution is 2.39. The first-order valence-electron chi connectivity index (χ1n) is 13.0. The number of anilines is 1. The van der Waals surface area contributed by atoms with E-state index in [1.807, 2.05) is 44.3 Å².